The smallest absolute Gasteiger partial charge is 0.193 e. The second-order valence-corrected chi connectivity index (χ2v) is 7.41. The molecule has 0 saturated carbocycles. The van der Waals surface area contributed by atoms with Crippen LogP contribution in [-0.2, 0) is 0 Å². The van der Waals surface area contributed by atoms with Crippen molar-refractivity contribution in [3.05, 3.63) is 89.0 Å². The quantitative estimate of drug-likeness (QED) is 0.686. The Hall–Kier alpha value is -2.61. The van der Waals surface area contributed by atoms with Crippen LogP contribution < -0.4 is 4.74 Å². The molecule has 3 rings (SSSR count). The summed E-state index contributed by atoms with van der Waals surface area (Å²) in [5.74, 6) is 0.841. The molecule has 0 N–H and O–H groups in total. The van der Waals surface area contributed by atoms with Crippen molar-refractivity contribution in [2.45, 2.75) is 26.7 Å². The van der Waals surface area contributed by atoms with E-state index in [0.29, 0.717) is 16.9 Å². The Balaban J connectivity index is 2.05. The molecule has 2 aromatic carbocycles. The zero-order valence-corrected chi connectivity index (χ0v) is 15.2. The minimum Gasteiger partial charge on any atom is -0.497 e. The van der Waals surface area contributed by atoms with Gasteiger partial charge in [0.15, 0.2) is 5.78 Å². The second kappa shape index (κ2) is 6.72. The van der Waals surface area contributed by atoms with Gasteiger partial charge in [0.1, 0.15) is 5.75 Å². The standard InChI is InChI=1S/C23H24O2/c1-23(2,3)18-11-10-17(14-18)20-13-12-19(25-4)15-21(20)22(24)16-8-6-5-7-9-16/h5-15,17H,1-4H3. The number of ketones is 1. The Morgan fingerprint density at radius 1 is 1.04 bits per heavy atom. The number of ether oxygens (including phenoxy) is 1. The van der Waals surface area contributed by atoms with Crippen molar-refractivity contribution >= 4 is 5.78 Å². The zero-order valence-electron chi connectivity index (χ0n) is 15.2. The summed E-state index contributed by atoms with van der Waals surface area (Å²) in [4.78, 5) is 13.1. The lowest BCUT2D eigenvalue weighted by Gasteiger charge is -2.19. The predicted molar refractivity (Wildman–Crippen MR) is 102 cm³/mol. The molecule has 1 unspecified atom stereocenters. The molecule has 0 bridgehead atoms. The predicted octanol–water partition coefficient (Wildman–Crippen LogP) is 5.55. The van der Waals surface area contributed by atoms with Crippen molar-refractivity contribution in [3.63, 3.8) is 0 Å². The molecular weight excluding hydrogens is 308 g/mol. The van der Waals surface area contributed by atoms with Crippen LogP contribution in [0.25, 0.3) is 0 Å². The van der Waals surface area contributed by atoms with Gasteiger partial charge in [-0.05, 0) is 28.7 Å². The average molecular weight is 332 g/mol. The fraction of sp³-hybridized carbons (Fsp3) is 0.261. The maximum Gasteiger partial charge on any atom is 0.193 e. The van der Waals surface area contributed by atoms with Crippen LogP contribution in [0.4, 0.5) is 0 Å². The van der Waals surface area contributed by atoms with E-state index in [9.17, 15) is 4.79 Å². The van der Waals surface area contributed by atoms with Crippen LogP contribution in [0, 0.1) is 5.41 Å². The molecule has 0 aliphatic heterocycles. The summed E-state index contributed by atoms with van der Waals surface area (Å²) in [6.07, 6.45) is 6.60. The van der Waals surface area contributed by atoms with Crippen LogP contribution in [0.5, 0.6) is 5.75 Å². The van der Waals surface area contributed by atoms with E-state index in [4.69, 9.17) is 4.74 Å². The van der Waals surface area contributed by atoms with Gasteiger partial charge in [-0.15, -0.1) is 0 Å². The topological polar surface area (TPSA) is 26.3 Å². The molecule has 0 saturated heterocycles. The van der Waals surface area contributed by atoms with Gasteiger partial charge >= 0.3 is 0 Å². The monoisotopic (exact) mass is 332 g/mol. The fourth-order valence-electron chi connectivity index (χ4n) is 3.10. The molecule has 1 aliphatic rings. The lowest BCUT2D eigenvalue weighted by Crippen LogP contribution is -2.08. The molecule has 0 radical (unpaired) electrons. The molecule has 25 heavy (non-hydrogen) atoms. The van der Waals surface area contributed by atoms with Gasteiger partial charge < -0.3 is 4.74 Å². The lowest BCUT2D eigenvalue weighted by atomic mass is 9.86. The van der Waals surface area contributed by atoms with E-state index in [1.165, 1.54) is 5.57 Å². The summed E-state index contributed by atoms with van der Waals surface area (Å²) in [7, 11) is 1.62. The highest BCUT2D eigenvalue weighted by molar-refractivity contribution is 6.10. The van der Waals surface area contributed by atoms with Gasteiger partial charge in [0.05, 0.1) is 7.11 Å². The van der Waals surface area contributed by atoms with Crippen molar-refractivity contribution in [2.24, 2.45) is 5.41 Å². The van der Waals surface area contributed by atoms with Crippen LogP contribution in [0.15, 0.2) is 72.3 Å². The Morgan fingerprint density at radius 2 is 1.76 bits per heavy atom. The Bertz CT molecular complexity index is 836. The number of rotatable bonds is 4. The lowest BCUT2D eigenvalue weighted by molar-refractivity contribution is 0.103. The largest absolute Gasteiger partial charge is 0.497 e. The zero-order chi connectivity index (χ0) is 18.0. The number of carbonyl (C=O) groups is 1. The van der Waals surface area contributed by atoms with E-state index in [1.807, 2.05) is 48.5 Å². The molecule has 0 spiro atoms. The van der Waals surface area contributed by atoms with E-state index >= 15 is 0 Å². The van der Waals surface area contributed by atoms with Gasteiger partial charge in [-0.25, -0.2) is 0 Å². The first-order valence-corrected chi connectivity index (χ1v) is 8.58. The van der Waals surface area contributed by atoms with Gasteiger partial charge in [-0.1, -0.05) is 75.4 Å². The first kappa shape index (κ1) is 17.2. The number of benzene rings is 2. The van der Waals surface area contributed by atoms with Crippen LogP contribution in [0.3, 0.4) is 0 Å². The molecule has 2 aromatic rings. The molecule has 0 fully saturated rings. The van der Waals surface area contributed by atoms with E-state index < -0.39 is 0 Å². The van der Waals surface area contributed by atoms with Crippen LogP contribution in [0.2, 0.25) is 0 Å². The fourth-order valence-corrected chi connectivity index (χ4v) is 3.10. The number of carbonyl (C=O) groups excluding carboxylic acids is 1. The average Bonchev–Trinajstić information content (AvgIpc) is 3.11. The van der Waals surface area contributed by atoms with Crippen molar-refractivity contribution in [1.82, 2.24) is 0 Å². The molecular formula is C23H24O2. The van der Waals surface area contributed by atoms with E-state index in [1.54, 1.807) is 7.11 Å². The summed E-state index contributed by atoms with van der Waals surface area (Å²) in [6.45, 7) is 6.61. The van der Waals surface area contributed by atoms with E-state index in [2.05, 4.69) is 39.0 Å². The van der Waals surface area contributed by atoms with Crippen LogP contribution in [-0.4, -0.2) is 12.9 Å². The molecule has 2 nitrogen and oxygen atoms in total. The highest BCUT2D eigenvalue weighted by Gasteiger charge is 2.24. The minimum absolute atomic E-state index is 0.0282. The molecule has 1 aliphatic carbocycles. The van der Waals surface area contributed by atoms with E-state index in [0.717, 1.165) is 5.56 Å². The maximum atomic E-state index is 13.1. The van der Waals surface area contributed by atoms with Gasteiger partial charge in [-0.3, -0.25) is 4.79 Å². The molecule has 0 amide bonds. The summed E-state index contributed by atoms with van der Waals surface area (Å²) in [5.41, 5.74) is 3.81. The third-order valence-corrected chi connectivity index (χ3v) is 4.61. The van der Waals surface area contributed by atoms with Gasteiger partial charge in [-0.2, -0.15) is 0 Å². The maximum absolute atomic E-state index is 13.1. The molecule has 0 heterocycles. The molecule has 1 atom stereocenters. The number of allylic oxidation sites excluding steroid dienone is 4. The number of methoxy groups -OCH3 is 1. The van der Waals surface area contributed by atoms with Crippen molar-refractivity contribution in [1.29, 1.82) is 0 Å². The van der Waals surface area contributed by atoms with Gasteiger partial charge in [0, 0.05) is 17.0 Å². The molecule has 2 heteroatoms. The van der Waals surface area contributed by atoms with Crippen molar-refractivity contribution in [3.8, 4) is 5.75 Å². The van der Waals surface area contributed by atoms with Crippen LogP contribution in [0.1, 0.15) is 48.2 Å². The third-order valence-electron chi connectivity index (χ3n) is 4.61. The van der Waals surface area contributed by atoms with Crippen molar-refractivity contribution in [2.75, 3.05) is 7.11 Å². The Kier molecular flexibility index (Phi) is 4.63. The minimum atomic E-state index is 0.0282. The second-order valence-electron chi connectivity index (χ2n) is 7.41. The SMILES string of the molecule is COc1ccc(C2C=CC(C(C)(C)C)=C2)c(C(=O)c2ccccc2)c1. The Labute approximate surface area is 149 Å². The molecule has 128 valence electrons. The normalized spacial score (nSPS) is 16.6. The number of hydrogen-bond acceptors (Lipinski definition) is 2. The highest BCUT2D eigenvalue weighted by atomic mass is 16.5. The first-order chi connectivity index (χ1) is 11.9. The third kappa shape index (κ3) is 3.58. The van der Waals surface area contributed by atoms with E-state index in [-0.39, 0.29) is 17.1 Å². The van der Waals surface area contributed by atoms with Crippen LogP contribution >= 0.6 is 0 Å². The summed E-state index contributed by atoms with van der Waals surface area (Å²) in [6, 6.07) is 15.2. The molecule has 0 aromatic heterocycles. The summed E-state index contributed by atoms with van der Waals surface area (Å²) >= 11 is 0. The first-order valence-electron chi connectivity index (χ1n) is 8.58. The van der Waals surface area contributed by atoms with Crippen molar-refractivity contribution < 1.29 is 9.53 Å². The summed E-state index contributed by atoms with van der Waals surface area (Å²) < 4.78 is 5.35. The van der Waals surface area contributed by atoms with Gasteiger partial charge in [0.25, 0.3) is 0 Å². The number of hydrogen-bond donors (Lipinski definition) is 0. The Morgan fingerprint density at radius 3 is 2.36 bits per heavy atom. The summed E-state index contributed by atoms with van der Waals surface area (Å²) in [5, 5.41) is 0. The van der Waals surface area contributed by atoms with Gasteiger partial charge in [0.2, 0.25) is 0 Å². The highest BCUT2D eigenvalue weighted by Crippen LogP contribution is 2.38.